The summed E-state index contributed by atoms with van der Waals surface area (Å²) in [6.45, 7) is 8.69. The molecule has 1 fully saturated rings. The van der Waals surface area contributed by atoms with Gasteiger partial charge in [-0.15, -0.1) is 0 Å². The second-order valence-electron chi connectivity index (χ2n) is 8.31. The molecule has 0 aromatic heterocycles. The van der Waals surface area contributed by atoms with Crippen LogP contribution in [0, 0.1) is 0 Å². The number of ether oxygens (including phenoxy) is 2. The molecule has 0 saturated carbocycles. The van der Waals surface area contributed by atoms with Crippen LogP contribution in [0.5, 0.6) is 5.75 Å². The zero-order chi connectivity index (χ0) is 18.7. The fourth-order valence-electron chi connectivity index (χ4n) is 3.74. The largest absolute Gasteiger partial charge is 0.494 e. The topological polar surface area (TPSA) is 38.8 Å². The first-order valence-electron chi connectivity index (χ1n) is 9.82. The number of nitrogens with zero attached hydrogens (tertiary/aromatic N) is 1. The highest BCUT2D eigenvalue weighted by Crippen LogP contribution is 2.39. The van der Waals surface area contributed by atoms with Crippen LogP contribution in [0.3, 0.4) is 0 Å². The summed E-state index contributed by atoms with van der Waals surface area (Å²) in [5, 5.41) is 0. The van der Waals surface area contributed by atoms with Crippen LogP contribution >= 0.6 is 0 Å². The first-order chi connectivity index (χ1) is 12.4. The summed E-state index contributed by atoms with van der Waals surface area (Å²) in [7, 11) is 0. The molecule has 4 heteroatoms. The number of amides is 1. The predicted molar refractivity (Wildman–Crippen MR) is 104 cm³/mol. The number of carbonyl (C=O) groups excluding carboxylic acids is 1. The van der Waals surface area contributed by atoms with Crippen molar-refractivity contribution < 1.29 is 14.3 Å². The molecule has 0 radical (unpaired) electrons. The molecule has 2 bridgehead atoms. The average Bonchev–Trinajstić information content (AvgIpc) is 2.85. The molecule has 26 heavy (non-hydrogen) atoms. The fourth-order valence-corrected chi connectivity index (χ4v) is 3.74. The van der Waals surface area contributed by atoms with Crippen LogP contribution in [-0.2, 0) is 4.74 Å². The Morgan fingerprint density at radius 1 is 1.19 bits per heavy atom. The van der Waals surface area contributed by atoms with Crippen LogP contribution in [0.2, 0.25) is 0 Å². The summed E-state index contributed by atoms with van der Waals surface area (Å²) in [6.07, 6.45) is 7.25. The van der Waals surface area contributed by atoms with E-state index in [-0.39, 0.29) is 18.2 Å². The molecule has 0 aliphatic carbocycles. The van der Waals surface area contributed by atoms with E-state index in [1.54, 1.807) is 0 Å². The van der Waals surface area contributed by atoms with Gasteiger partial charge in [0.05, 0.1) is 12.6 Å². The molecular formula is C22H31NO3. The van der Waals surface area contributed by atoms with Gasteiger partial charge in [-0.2, -0.15) is 0 Å². The molecule has 0 spiro atoms. The van der Waals surface area contributed by atoms with Crippen molar-refractivity contribution in [1.29, 1.82) is 0 Å². The Morgan fingerprint density at radius 3 is 2.54 bits per heavy atom. The molecule has 4 nitrogen and oxygen atoms in total. The standard InChI is InChI=1S/C22H31NO3/c1-5-6-13-25-20-11-7-16(8-12-20)17-14-18-9-10-19(15-17)23(18)21(24)26-22(2,3)4/h7-8,11-12,14,18-19H,5-6,9-10,13,15H2,1-4H3. The van der Waals surface area contributed by atoms with E-state index >= 15 is 0 Å². The molecule has 3 rings (SSSR count). The number of benzene rings is 1. The Morgan fingerprint density at radius 2 is 1.92 bits per heavy atom. The zero-order valence-electron chi connectivity index (χ0n) is 16.5. The smallest absolute Gasteiger partial charge is 0.411 e. The Hall–Kier alpha value is -1.97. The van der Waals surface area contributed by atoms with E-state index < -0.39 is 5.60 Å². The summed E-state index contributed by atoms with van der Waals surface area (Å²) in [5.41, 5.74) is 2.11. The summed E-state index contributed by atoms with van der Waals surface area (Å²) in [6, 6.07) is 8.77. The Kier molecular flexibility index (Phi) is 5.59. The van der Waals surface area contributed by atoms with Gasteiger partial charge in [-0.3, -0.25) is 4.90 Å². The van der Waals surface area contributed by atoms with E-state index in [1.165, 1.54) is 11.1 Å². The van der Waals surface area contributed by atoms with Crippen molar-refractivity contribution in [1.82, 2.24) is 4.90 Å². The van der Waals surface area contributed by atoms with Crippen molar-refractivity contribution in [3.8, 4) is 5.75 Å². The Balaban J connectivity index is 1.68. The minimum Gasteiger partial charge on any atom is -0.494 e. The maximum absolute atomic E-state index is 12.5. The summed E-state index contributed by atoms with van der Waals surface area (Å²) < 4.78 is 11.4. The van der Waals surface area contributed by atoms with Crippen LogP contribution in [0.4, 0.5) is 4.79 Å². The number of hydrogen-bond acceptors (Lipinski definition) is 3. The molecule has 1 aromatic carbocycles. The summed E-state index contributed by atoms with van der Waals surface area (Å²) in [4.78, 5) is 14.5. The lowest BCUT2D eigenvalue weighted by Gasteiger charge is -2.35. The van der Waals surface area contributed by atoms with Gasteiger partial charge in [0.1, 0.15) is 11.4 Å². The minimum atomic E-state index is -0.450. The van der Waals surface area contributed by atoms with Crippen LogP contribution in [0.15, 0.2) is 30.3 Å². The molecule has 1 aromatic rings. The molecule has 0 N–H and O–H groups in total. The van der Waals surface area contributed by atoms with Gasteiger partial charge in [0.2, 0.25) is 0 Å². The number of fused-ring (bicyclic) bond motifs is 2. The molecule has 2 atom stereocenters. The Labute approximate surface area is 157 Å². The zero-order valence-corrected chi connectivity index (χ0v) is 16.5. The normalized spacial score (nSPS) is 22.2. The summed E-state index contributed by atoms with van der Waals surface area (Å²) in [5.74, 6) is 0.928. The molecule has 2 heterocycles. The van der Waals surface area contributed by atoms with Gasteiger partial charge in [0.15, 0.2) is 0 Å². The third-order valence-corrected chi connectivity index (χ3v) is 4.99. The van der Waals surface area contributed by atoms with Crippen LogP contribution in [-0.4, -0.2) is 35.3 Å². The van der Waals surface area contributed by atoms with Crippen molar-refractivity contribution in [2.75, 3.05) is 6.61 Å². The highest BCUT2D eigenvalue weighted by Gasteiger charge is 2.41. The van der Waals surface area contributed by atoms with Crippen LogP contribution < -0.4 is 4.74 Å². The second-order valence-corrected chi connectivity index (χ2v) is 8.31. The number of carbonyl (C=O) groups is 1. The molecule has 2 aliphatic heterocycles. The van der Waals surface area contributed by atoms with Crippen molar-refractivity contribution in [2.45, 2.75) is 77.5 Å². The molecule has 1 saturated heterocycles. The maximum Gasteiger partial charge on any atom is 0.411 e. The van der Waals surface area contributed by atoms with Gasteiger partial charge >= 0.3 is 6.09 Å². The van der Waals surface area contributed by atoms with E-state index in [9.17, 15) is 4.79 Å². The van der Waals surface area contributed by atoms with Gasteiger partial charge < -0.3 is 9.47 Å². The number of hydrogen-bond donors (Lipinski definition) is 0. The molecule has 2 unspecified atom stereocenters. The first-order valence-corrected chi connectivity index (χ1v) is 9.82. The van der Waals surface area contributed by atoms with E-state index in [2.05, 4.69) is 25.1 Å². The summed E-state index contributed by atoms with van der Waals surface area (Å²) >= 11 is 0. The third kappa shape index (κ3) is 4.40. The van der Waals surface area contributed by atoms with E-state index in [0.717, 1.165) is 44.5 Å². The lowest BCUT2D eigenvalue weighted by Crippen LogP contribution is -2.45. The van der Waals surface area contributed by atoms with Crippen molar-refractivity contribution in [3.63, 3.8) is 0 Å². The van der Waals surface area contributed by atoms with Gasteiger partial charge in [-0.05, 0) is 69.7 Å². The van der Waals surface area contributed by atoms with Crippen molar-refractivity contribution in [3.05, 3.63) is 35.9 Å². The predicted octanol–water partition coefficient (Wildman–Crippen LogP) is 5.42. The molecular weight excluding hydrogens is 326 g/mol. The maximum atomic E-state index is 12.5. The number of rotatable bonds is 5. The van der Waals surface area contributed by atoms with Gasteiger partial charge in [0.25, 0.3) is 0 Å². The van der Waals surface area contributed by atoms with Crippen LogP contribution in [0.25, 0.3) is 5.57 Å². The minimum absolute atomic E-state index is 0.152. The van der Waals surface area contributed by atoms with Gasteiger partial charge in [-0.25, -0.2) is 4.79 Å². The Bertz CT molecular complexity index is 657. The average molecular weight is 357 g/mol. The molecule has 2 aliphatic rings. The van der Waals surface area contributed by atoms with E-state index in [4.69, 9.17) is 9.47 Å². The van der Waals surface area contributed by atoms with Crippen molar-refractivity contribution >= 4 is 11.7 Å². The highest BCUT2D eigenvalue weighted by molar-refractivity contribution is 5.75. The number of unbranched alkanes of at least 4 members (excludes halogenated alkanes) is 1. The monoisotopic (exact) mass is 357 g/mol. The van der Waals surface area contributed by atoms with E-state index in [0.29, 0.717) is 0 Å². The van der Waals surface area contributed by atoms with Crippen molar-refractivity contribution in [2.24, 2.45) is 0 Å². The van der Waals surface area contributed by atoms with Gasteiger partial charge in [-0.1, -0.05) is 31.6 Å². The van der Waals surface area contributed by atoms with E-state index in [1.807, 2.05) is 37.8 Å². The molecule has 1 amide bonds. The highest BCUT2D eigenvalue weighted by atomic mass is 16.6. The lowest BCUT2D eigenvalue weighted by molar-refractivity contribution is 0.0175. The second kappa shape index (κ2) is 7.73. The lowest BCUT2D eigenvalue weighted by atomic mass is 9.95. The SMILES string of the molecule is CCCCOc1ccc(C2=CC3CCC(C2)N3C(=O)OC(C)(C)C)cc1. The fraction of sp³-hybridized carbons (Fsp3) is 0.591. The third-order valence-electron chi connectivity index (χ3n) is 4.99. The van der Waals surface area contributed by atoms with Gasteiger partial charge in [0, 0.05) is 6.04 Å². The molecule has 142 valence electrons. The quantitative estimate of drug-likeness (QED) is 0.660. The first kappa shape index (κ1) is 18.8. The van der Waals surface area contributed by atoms with Crippen LogP contribution in [0.1, 0.15) is 65.4 Å².